The minimum atomic E-state index is -0.401. The Bertz CT molecular complexity index is 1290. The van der Waals surface area contributed by atoms with Gasteiger partial charge in [-0.2, -0.15) is 4.99 Å². The Balaban J connectivity index is 1.83. The van der Waals surface area contributed by atoms with Gasteiger partial charge in [0.15, 0.2) is 4.80 Å². The van der Waals surface area contributed by atoms with Gasteiger partial charge in [-0.1, -0.05) is 57.6 Å². The Morgan fingerprint density at radius 3 is 2.64 bits per heavy atom. The number of amides is 1. The van der Waals surface area contributed by atoms with Crippen molar-refractivity contribution in [3.63, 3.8) is 0 Å². The normalized spacial score (nSPS) is 11.9. The molecule has 4 aromatic rings. The molecule has 5 nitrogen and oxygen atoms in total. The molecule has 0 N–H and O–H groups in total. The van der Waals surface area contributed by atoms with Crippen molar-refractivity contribution in [2.75, 3.05) is 7.11 Å². The Hall–Kier alpha value is -2.77. The summed E-state index contributed by atoms with van der Waals surface area (Å²) in [7, 11) is 1.34. The molecule has 0 aliphatic heterocycles. The zero-order valence-corrected chi connectivity index (χ0v) is 17.3. The van der Waals surface area contributed by atoms with E-state index < -0.39 is 5.97 Å². The van der Waals surface area contributed by atoms with E-state index in [9.17, 15) is 9.59 Å². The second kappa shape index (κ2) is 7.69. The number of hydrogen-bond donors (Lipinski definition) is 0. The van der Waals surface area contributed by atoms with Crippen molar-refractivity contribution in [1.82, 2.24) is 4.57 Å². The zero-order valence-electron chi connectivity index (χ0n) is 14.9. The standard InChI is InChI=1S/C21H15BrN2O3S/c1-27-19(25)12-24-17-9-8-16(22)11-18(17)28-21(24)23-20(26)15-7-6-13-4-2-3-5-14(13)10-15/h2-11H,12H2,1H3. The lowest BCUT2D eigenvalue weighted by Crippen LogP contribution is -2.22. The first-order chi connectivity index (χ1) is 13.5. The highest BCUT2D eigenvalue weighted by atomic mass is 79.9. The Kier molecular flexibility index (Phi) is 5.11. The predicted molar refractivity (Wildman–Crippen MR) is 113 cm³/mol. The van der Waals surface area contributed by atoms with Gasteiger partial charge in [-0.15, -0.1) is 0 Å². The Labute approximate surface area is 173 Å². The van der Waals surface area contributed by atoms with Crippen LogP contribution in [0.5, 0.6) is 0 Å². The number of fused-ring (bicyclic) bond motifs is 2. The number of carbonyl (C=O) groups is 2. The van der Waals surface area contributed by atoms with E-state index in [1.54, 1.807) is 10.6 Å². The minimum Gasteiger partial charge on any atom is -0.468 e. The molecule has 0 spiro atoms. The number of carbonyl (C=O) groups excluding carboxylic acids is 2. The number of aromatic nitrogens is 1. The van der Waals surface area contributed by atoms with Gasteiger partial charge >= 0.3 is 5.97 Å². The molecule has 0 aliphatic carbocycles. The van der Waals surface area contributed by atoms with Crippen molar-refractivity contribution in [3.05, 3.63) is 75.5 Å². The summed E-state index contributed by atoms with van der Waals surface area (Å²) in [6.45, 7) is -0.0119. The van der Waals surface area contributed by atoms with Crippen LogP contribution in [0.25, 0.3) is 21.0 Å². The molecule has 0 aliphatic rings. The number of ether oxygens (including phenoxy) is 1. The molecule has 7 heteroatoms. The molecule has 3 aromatic carbocycles. The van der Waals surface area contributed by atoms with Crippen LogP contribution in [0.1, 0.15) is 10.4 Å². The van der Waals surface area contributed by atoms with Gasteiger partial charge in [-0.3, -0.25) is 9.59 Å². The highest BCUT2D eigenvalue weighted by Crippen LogP contribution is 2.22. The van der Waals surface area contributed by atoms with Crippen molar-refractivity contribution < 1.29 is 14.3 Å². The fourth-order valence-electron chi connectivity index (χ4n) is 2.95. The number of hydrogen-bond acceptors (Lipinski definition) is 4. The van der Waals surface area contributed by atoms with Crippen molar-refractivity contribution >= 4 is 60.1 Å². The van der Waals surface area contributed by atoms with Crippen molar-refractivity contribution in [2.45, 2.75) is 6.54 Å². The molecule has 4 rings (SSSR count). The van der Waals surface area contributed by atoms with Crippen molar-refractivity contribution in [3.8, 4) is 0 Å². The van der Waals surface area contributed by atoms with E-state index in [0.29, 0.717) is 10.4 Å². The number of halogens is 1. The number of nitrogens with zero attached hydrogens (tertiary/aromatic N) is 2. The maximum atomic E-state index is 12.8. The molecule has 1 aromatic heterocycles. The molecule has 0 atom stereocenters. The smallest absolute Gasteiger partial charge is 0.325 e. The average Bonchev–Trinajstić information content (AvgIpc) is 3.03. The number of esters is 1. The fraction of sp³-hybridized carbons (Fsp3) is 0.0952. The minimum absolute atomic E-state index is 0.0119. The van der Waals surface area contributed by atoms with Crippen LogP contribution in [0, 0.1) is 0 Å². The van der Waals surface area contributed by atoms with Crippen LogP contribution < -0.4 is 4.80 Å². The highest BCUT2D eigenvalue weighted by Gasteiger charge is 2.13. The topological polar surface area (TPSA) is 60.7 Å². The number of benzene rings is 3. The second-order valence-corrected chi connectivity index (χ2v) is 8.06. The Morgan fingerprint density at radius 2 is 1.86 bits per heavy atom. The third kappa shape index (κ3) is 3.63. The third-order valence-corrected chi connectivity index (χ3v) is 5.89. The highest BCUT2D eigenvalue weighted by molar-refractivity contribution is 9.10. The van der Waals surface area contributed by atoms with Gasteiger partial charge < -0.3 is 9.30 Å². The summed E-state index contributed by atoms with van der Waals surface area (Å²) in [5.74, 6) is -0.753. The summed E-state index contributed by atoms with van der Waals surface area (Å²) >= 11 is 4.80. The maximum absolute atomic E-state index is 12.8. The summed E-state index contributed by atoms with van der Waals surface area (Å²) in [5.41, 5.74) is 1.32. The lowest BCUT2D eigenvalue weighted by atomic mass is 10.1. The van der Waals surface area contributed by atoms with Crippen LogP contribution >= 0.6 is 27.3 Å². The molecule has 0 saturated heterocycles. The van der Waals surface area contributed by atoms with E-state index >= 15 is 0 Å². The van der Waals surface area contributed by atoms with E-state index in [1.807, 2.05) is 54.6 Å². The maximum Gasteiger partial charge on any atom is 0.325 e. The van der Waals surface area contributed by atoms with Crippen molar-refractivity contribution in [2.24, 2.45) is 4.99 Å². The quantitative estimate of drug-likeness (QED) is 0.427. The predicted octanol–water partition coefficient (Wildman–Crippen LogP) is 4.53. The van der Waals surface area contributed by atoms with Gasteiger partial charge in [0.25, 0.3) is 5.91 Å². The van der Waals surface area contributed by atoms with Crippen LogP contribution in [-0.4, -0.2) is 23.6 Å². The zero-order chi connectivity index (χ0) is 19.7. The largest absolute Gasteiger partial charge is 0.468 e. The van der Waals surface area contributed by atoms with Crippen LogP contribution in [0.2, 0.25) is 0 Å². The van der Waals surface area contributed by atoms with E-state index in [1.165, 1.54) is 18.4 Å². The Morgan fingerprint density at radius 1 is 1.07 bits per heavy atom. The average molecular weight is 455 g/mol. The van der Waals surface area contributed by atoms with Gasteiger partial charge in [0.2, 0.25) is 0 Å². The van der Waals surface area contributed by atoms with Crippen molar-refractivity contribution in [1.29, 1.82) is 0 Å². The first-order valence-corrected chi connectivity index (χ1v) is 10.1. The first-order valence-electron chi connectivity index (χ1n) is 8.49. The summed E-state index contributed by atoms with van der Waals surface area (Å²) in [4.78, 5) is 29.4. The SMILES string of the molecule is COC(=O)Cn1c(=NC(=O)c2ccc3ccccc3c2)sc2cc(Br)ccc21. The van der Waals surface area contributed by atoms with Gasteiger partial charge in [0.1, 0.15) is 6.54 Å². The van der Waals surface area contributed by atoms with Crippen LogP contribution in [0.3, 0.4) is 0 Å². The van der Waals surface area contributed by atoms with E-state index in [2.05, 4.69) is 20.9 Å². The summed E-state index contributed by atoms with van der Waals surface area (Å²) in [5, 5.41) is 2.04. The molecular formula is C21H15BrN2O3S. The van der Waals surface area contributed by atoms with Gasteiger partial charge in [0, 0.05) is 10.0 Å². The molecule has 1 heterocycles. The lowest BCUT2D eigenvalue weighted by Gasteiger charge is -2.04. The van der Waals surface area contributed by atoms with E-state index in [0.717, 1.165) is 25.5 Å². The molecule has 140 valence electrons. The van der Waals surface area contributed by atoms with E-state index in [4.69, 9.17) is 4.74 Å². The molecule has 0 unspecified atom stereocenters. The van der Waals surface area contributed by atoms with Gasteiger partial charge in [0.05, 0.1) is 17.3 Å². The summed E-state index contributed by atoms with van der Waals surface area (Å²) in [6, 6.07) is 19.1. The van der Waals surface area contributed by atoms with Gasteiger partial charge in [-0.25, -0.2) is 0 Å². The first kappa shape index (κ1) is 18.6. The van der Waals surface area contributed by atoms with Crippen LogP contribution in [0.4, 0.5) is 0 Å². The molecule has 0 fully saturated rings. The molecule has 0 saturated carbocycles. The lowest BCUT2D eigenvalue weighted by molar-refractivity contribution is -0.141. The summed E-state index contributed by atoms with van der Waals surface area (Å²) < 4.78 is 8.34. The van der Waals surface area contributed by atoms with E-state index in [-0.39, 0.29) is 12.5 Å². The molecule has 28 heavy (non-hydrogen) atoms. The molecule has 0 bridgehead atoms. The number of rotatable bonds is 3. The monoisotopic (exact) mass is 454 g/mol. The van der Waals surface area contributed by atoms with Gasteiger partial charge in [-0.05, 0) is 41.1 Å². The fourth-order valence-corrected chi connectivity index (χ4v) is 4.53. The molecule has 0 radical (unpaired) electrons. The summed E-state index contributed by atoms with van der Waals surface area (Å²) in [6.07, 6.45) is 0. The third-order valence-electron chi connectivity index (χ3n) is 4.35. The van der Waals surface area contributed by atoms with Crippen LogP contribution in [0.15, 0.2) is 70.1 Å². The molecular weight excluding hydrogens is 440 g/mol. The molecule has 1 amide bonds. The van der Waals surface area contributed by atoms with Crippen LogP contribution in [-0.2, 0) is 16.1 Å². The number of methoxy groups -OCH3 is 1. The number of thiazole rings is 1. The second-order valence-electron chi connectivity index (χ2n) is 6.14.